The van der Waals surface area contributed by atoms with Gasteiger partial charge in [0.15, 0.2) is 0 Å². The molecule has 2 aliphatic heterocycles. The maximum Gasteiger partial charge on any atom is 0.223 e. The highest BCUT2D eigenvalue weighted by Crippen LogP contribution is 2.32. The van der Waals surface area contributed by atoms with Crippen molar-refractivity contribution in [2.45, 2.75) is 70.4 Å². The molecule has 6 heteroatoms. The van der Waals surface area contributed by atoms with E-state index in [-0.39, 0.29) is 12.0 Å². The van der Waals surface area contributed by atoms with Crippen LogP contribution in [-0.4, -0.2) is 55.2 Å². The van der Waals surface area contributed by atoms with Crippen LogP contribution >= 0.6 is 0 Å². The summed E-state index contributed by atoms with van der Waals surface area (Å²) in [4.78, 5) is 23.0. The molecule has 1 atom stereocenters. The van der Waals surface area contributed by atoms with Crippen LogP contribution < -0.4 is 9.64 Å². The molecular weight excluding hydrogens is 414 g/mol. The average Bonchev–Trinajstić information content (AvgIpc) is 3.62. The van der Waals surface area contributed by atoms with Gasteiger partial charge in [0.1, 0.15) is 11.6 Å². The summed E-state index contributed by atoms with van der Waals surface area (Å²) in [6, 6.07) is 8.30. The summed E-state index contributed by atoms with van der Waals surface area (Å²) in [6.07, 6.45) is 10.3. The molecule has 6 nitrogen and oxygen atoms in total. The van der Waals surface area contributed by atoms with Gasteiger partial charge in [0.2, 0.25) is 5.91 Å². The summed E-state index contributed by atoms with van der Waals surface area (Å²) in [5, 5.41) is 1.09. The predicted octanol–water partition coefficient (Wildman–Crippen LogP) is 4.93. The standard InChI is InChI=1S/C27H37N3O3/c1-32-23-11-10-21-16-22(27(28-25(21)17-23)29-12-4-5-13-29)18-30(19-24-9-6-14-33-24)26(31)15-20-7-2-3-8-20/h10-11,16-17,20,24H,2-9,12-15,18-19H2,1H3/t24-/m0/s1. The molecule has 178 valence electrons. The number of anilines is 1. The highest BCUT2D eigenvalue weighted by Gasteiger charge is 2.28. The molecule has 0 radical (unpaired) electrons. The minimum atomic E-state index is 0.158. The van der Waals surface area contributed by atoms with E-state index in [0.29, 0.717) is 25.4 Å². The second-order valence-electron chi connectivity index (χ2n) is 9.99. The van der Waals surface area contributed by atoms with Crippen LogP contribution in [0.5, 0.6) is 5.75 Å². The molecule has 0 N–H and O–H groups in total. The Balaban J connectivity index is 1.45. The van der Waals surface area contributed by atoms with Gasteiger partial charge in [-0.1, -0.05) is 12.8 Å². The van der Waals surface area contributed by atoms with Crippen molar-refractivity contribution < 1.29 is 14.3 Å². The minimum absolute atomic E-state index is 0.158. The first-order valence-electron chi connectivity index (χ1n) is 12.8. The molecular formula is C27H37N3O3. The number of hydrogen-bond acceptors (Lipinski definition) is 5. The number of hydrogen-bond donors (Lipinski definition) is 0. The number of carbonyl (C=O) groups is 1. The monoisotopic (exact) mass is 451 g/mol. The zero-order valence-corrected chi connectivity index (χ0v) is 19.9. The molecule has 3 heterocycles. The van der Waals surface area contributed by atoms with Crippen LogP contribution in [0.3, 0.4) is 0 Å². The van der Waals surface area contributed by atoms with Crippen molar-refractivity contribution >= 4 is 22.6 Å². The maximum atomic E-state index is 13.5. The average molecular weight is 452 g/mol. The van der Waals surface area contributed by atoms with Crippen LogP contribution in [0.15, 0.2) is 24.3 Å². The lowest BCUT2D eigenvalue weighted by molar-refractivity contribution is -0.134. The van der Waals surface area contributed by atoms with E-state index in [1.807, 2.05) is 12.1 Å². The van der Waals surface area contributed by atoms with E-state index < -0.39 is 0 Å². The Hall–Kier alpha value is -2.34. The Labute approximate surface area is 197 Å². The second kappa shape index (κ2) is 10.3. The molecule has 1 amide bonds. The third-order valence-corrected chi connectivity index (χ3v) is 7.59. The van der Waals surface area contributed by atoms with E-state index in [2.05, 4.69) is 21.9 Å². The lowest BCUT2D eigenvalue weighted by Crippen LogP contribution is -2.38. The number of pyridine rings is 1. The first-order chi connectivity index (χ1) is 16.2. The fourth-order valence-electron chi connectivity index (χ4n) is 5.71. The Bertz CT molecular complexity index is 960. The van der Waals surface area contributed by atoms with Crippen molar-refractivity contribution in [2.75, 3.05) is 38.3 Å². The molecule has 33 heavy (non-hydrogen) atoms. The topological polar surface area (TPSA) is 54.9 Å². The summed E-state index contributed by atoms with van der Waals surface area (Å²) in [7, 11) is 1.69. The van der Waals surface area contributed by atoms with Gasteiger partial charge < -0.3 is 19.3 Å². The molecule has 1 aromatic carbocycles. The molecule has 5 rings (SSSR count). The van der Waals surface area contributed by atoms with Gasteiger partial charge in [-0.25, -0.2) is 4.98 Å². The number of aromatic nitrogens is 1. The third kappa shape index (κ3) is 5.26. The molecule has 2 saturated heterocycles. The Morgan fingerprint density at radius 3 is 2.67 bits per heavy atom. The van der Waals surface area contributed by atoms with Gasteiger partial charge in [0.25, 0.3) is 0 Å². The highest BCUT2D eigenvalue weighted by atomic mass is 16.5. The number of ether oxygens (including phenoxy) is 2. The Kier molecular flexibility index (Phi) is 7.00. The maximum absolute atomic E-state index is 13.5. The van der Waals surface area contributed by atoms with Crippen molar-refractivity contribution in [3.8, 4) is 5.75 Å². The van der Waals surface area contributed by atoms with Crippen LogP contribution in [0.4, 0.5) is 5.82 Å². The molecule has 1 aliphatic carbocycles. The SMILES string of the molecule is COc1ccc2cc(CN(C[C@@H]3CCCO3)C(=O)CC3CCCC3)c(N3CCCC3)nc2c1. The van der Waals surface area contributed by atoms with Gasteiger partial charge in [0, 0.05) is 56.2 Å². The van der Waals surface area contributed by atoms with E-state index in [4.69, 9.17) is 14.5 Å². The van der Waals surface area contributed by atoms with Gasteiger partial charge in [-0.05, 0) is 62.6 Å². The van der Waals surface area contributed by atoms with Gasteiger partial charge in [0.05, 0.1) is 18.7 Å². The Morgan fingerprint density at radius 2 is 1.94 bits per heavy atom. The van der Waals surface area contributed by atoms with Crippen molar-refractivity contribution in [3.63, 3.8) is 0 Å². The van der Waals surface area contributed by atoms with E-state index in [9.17, 15) is 4.79 Å². The zero-order valence-electron chi connectivity index (χ0n) is 19.9. The third-order valence-electron chi connectivity index (χ3n) is 7.59. The lowest BCUT2D eigenvalue weighted by Gasteiger charge is -2.29. The first kappa shape index (κ1) is 22.5. The summed E-state index contributed by atoms with van der Waals surface area (Å²) in [5.74, 6) is 2.67. The van der Waals surface area contributed by atoms with Crippen LogP contribution in [-0.2, 0) is 16.1 Å². The number of nitrogens with zero attached hydrogens (tertiary/aromatic N) is 3. The van der Waals surface area contributed by atoms with E-state index >= 15 is 0 Å². The zero-order chi connectivity index (χ0) is 22.6. The summed E-state index contributed by atoms with van der Waals surface area (Å²) in [5.41, 5.74) is 2.09. The molecule has 3 aliphatic rings. The fraction of sp³-hybridized carbons (Fsp3) is 0.630. The number of amides is 1. The van der Waals surface area contributed by atoms with Crippen molar-refractivity contribution in [3.05, 3.63) is 29.8 Å². The largest absolute Gasteiger partial charge is 0.497 e. The molecule has 0 unspecified atom stereocenters. The molecule has 0 spiro atoms. The number of methoxy groups -OCH3 is 1. The van der Waals surface area contributed by atoms with Crippen LogP contribution in [0.25, 0.3) is 10.9 Å². The minimum Gasteiger partial charge on any atom is -0.497 e. The van der Waals surface area contributed by atoms with E-state index in [0.717, 1.165) is 60.6 Å². The molecule has 1 saturated carbocycles. The predicted molar refractivity (Wildman–Crippen MR) is 131 cm³/mol. The number of carbonyl (C=O) groups excluding carboxylic acids is 1. The normalized spacial score (nSPS) is 21.2. The second-order valence-corrected chi connectivity index (χ2v) is 9.99. The van der Waals surface area contributed by atoms with Gasteiger partial charge >= 0.3 is 0 Å². The van der Waals surface area contributed by atoms with E-state index in [1.165, 1.54) is 38.5 Å². The number of fused-ring (bicyclic) bond motifs is 1. The quantitative estimate of drug-likeness (QED) is 0.570. The number of rotatable bonds is 8. The van der Waals surface area contributed by atoms with E-state index in [1.54, 1.807) is 7.11 Å². The van der Waals surface area contributed by atoms with Crippen LogP contribution in [0.2, 0.25) is 0 Å². The Morgan fingerprint density at radius 1 is 1.12 bits per heavy atom. The highest BCUT2D eigenvalue weighted by molar-refractivity contribution is 5.84. The number of benzene rings is 1. The molecule has 2 aromatic rings. The lowest BCUT2D eigenvalue weighted by atomic mass is 10.0. The molecule has 0 bridgehead atoms. The first-order valence-corrected chi connectivity index (χ1v) is 12.8. The fourth-order valence-corrected chi connectivity index (χ4v) is 5.71. The summed E-state index contributed by atoms with van der Waals surface area (Å²) >= 11 is 0. The smallest absolute Gasteiger partial charge is 0.223 e. The van der Waals surface area contributed by atoms with Crippen molar-refractivity contribution in [2.24, 2.45) is 5.92 Å². The van der Waals surface area contributed by atoms with Crippen LogP contribution in [0, 0.1) is 5.92 Å². The van der Waals surface area contributed by atoms with Gasteiger partial charge in [-0.2, -0.15) is 0 Å². The van der Waals surface area contributed by atoms with Crippen molar-refractivity contribution in [1.29, 1.82) is 0 Å². The summed E-state index contributed by atoms with van der Waals surface area (Å²) in [6.45, 7) is 4.15. The molecule has 3 fully saturated rings. The van der Waals surface area contributed by atoms with Crippen molar-refractivity contribution in [1.82, 2.24) is 9.88 Å². The molecule has 1 aromatic heterocycles. The summed E-state index contributed by atoms with van der Waals surface area (Å²) < 4.78 is 11.4. The van der Waals surface area contributed by atoms with Crippen LogP contribution in [0.1, 0.15) is 63.4 Å². The van der Waals surface area contributed by atoms with Gasteiger partial charge in [-0.15, -0.1) is 0 Å². The van der Waals surface area contributed by atoms with Gasteiger partial charge in [-0.3, -0.25) is 4.79 Å².